The number of carbonyl (C=O) groups is 3. The molecule has 3 amide bonds. The Morgan fingerprint density at radius 1 is 1.15 bits per heavy atom. The van der Waals surface area contributed by atoms with Crippen LogP contribution < -0.4 is 16.2 Å². The maximum absolute atomic E-state index is 12.1. The second kappa shape index (κ2) is 8.65. The van der Waals surface area contributed by atoms with Gasteiger partial charge in [-0.25, -0.2) is 4.79 Å². The third kappa shape index (κ3) is 5.33. The zero-order chi connectivity index (χ0) is 19.1. The molecule has 138 valence electrons. The van der Waals surface area contributed by atoms with E-state index in [2.05, 4.69) is 21.3 Å². The Kier molecular flexibility index (Phi) is 6.31. The summed E-state index contributed by atoms with van der Waals surface area (Å²) in [5.41, 5.74) is 7.00. The fourth-order valence-corrected chi connectivity index (χ4v) is 2.23. The molecule has 0 unspecified atom stereocenters. The van der Waals surface area contributed by atoms with Gasteiger partial charge >= 0.3 is 6.09 Å². The molecule has 0 fully saturated rings. The summed E-state index contributed by atoms with van der Waals surface area (Å²) < 4.78 is 6.32. The quantitative estimate of drug-likeness (QED) is 0.701. The molecule has 0 bridgehead atoms. The van der Waals surface area contributed by atoms with Crippen molar-refractivity contribution in [3.8, 4) is 0 Å². The van der Waals surface area contributed by atoms with Crippen molar-refractivity contribution in [1.82, 2.24) is 20.6 Å². The van der Waals surface area contributed by atoms with E-state index in [9.17, 15) is 14.4 Å². The number of carbonyl (C=O) groups excluding carboxylic acids is 3. The lowest BCUT2D eigenvalue weighted by molar-refractivity contribution is -0.122. The van der Waals surface area contributed by atoms with E-state index in [0.717, 1.165) is 11.4 Å². The molecule has 2 aromatic rings. The Morgan fingerprint density at radius 3 is 2.58 bits per heavy atom. The lowest BCUT2D eigenvalue weighted by Gasteiger charge is -2.10. The van der Waals surface area contributed by atoms with Gasteiger partial charge in [0.05, 0.1) is 12.3 Å². The maximum atomic E-state index is 12.1. The molecule has 1 aromatic heterocycles. The highest BCUT2D eigenvalue weighted by Crippen LogP contribution is 2.11. The maximum Gasteiger partial charge on any atom is 0.411 e. The smallest absolute Gasteiger partial charge is 0.411 e. The molecule has 0 radical (unpaired) electrons. The molecule has 9 nitrogen and oxygen atoms in total. The van der Waals surface area contributed by atoms with Crippen LogP contribution in [-0.2, 0) is 16.1 Å². The lowest BCUT2D eigenvalue weighted by Crippen LogP contribution is -2.43. The Balaban J connectivity index is 1.90. The van der Waals surface area contributed by atoms with Crippen molar-refractivity contribution in [2.45, 2.75) is 27.3 Å². The van der Waals surface area contributed by atoms with Crippen LogP contribution in [0.2, 0.25) is 0 Å². The first kappa shape index (κ1) is 19.0. The number of rotatable bonds is 5. The molecule has 1 heterocycles. The first-order chi connectivity index (χ1) is 12.4. The lowest BCUT2D eigenvalue weighted by atomic mass is 10.2. The topological polar surface area (TPSA) is 114 Å². The molecule has 0 aliphatic carbocycles. The minimum Gasteiger partial charge on any atom is -0.450 e. The number of amides is 3. The van der Waals surface area contributed by atoms with Gasteiger partial charge in [0.25, 0.3) is 11.8 Å². The predicted octanol–water partition coefficient (Wildman–Crippen LogP) is 1.53. The highest BCUT2D eigenvalue weighted by Gasteiger charge is 2.11. The van der Waals surface area contributed by atoms with Crippen LogP contribution >= 0.6 is 0 Å². The average molecular weight is 359 g/mol. The summed E-state index contributed by atoms with van der Waals surface area (Å²) in [5.74, 6) is -0.926. The molecule has 3 N–H and O–H groups in total. The number of nitrogens with zero attached hydrogens (tertiary/aromatic N) is 2. The predicted molar refractivity (Wildman–Crippen MR) is 94.4 cm³/mol. The van der Waals surface area contributed by atoms with Gasteiger partial charge in [-0.3, -0.25) is 30.4 Å². The number of nitrogens with one attached hydrogen (secondary N) is 3. The molecule has 0 saturated heterocycles. The fourth-order valence-electron chi connectivity index (χ4n) is 2.23. The first-order valence-electron chi connectivity index (χ1n) is 8.03. The van der Waals surface area contributed by atoms with Gasteiger partial charge in [-0.15, -0.1) is 0 Å². The number of aromatic nitrogens is 2. The normalized spacial score (nSPS) is 10.1. The summed E-state index contributed by atoms with van der Waals surface area (Å²) in [5, 5.41) is 6.68. The largest absolute Gasteiger partial charge is 0.450 e. The molecule has 2 rings (SSSR count). The number of ether oxygens (including phenoxy) is 1. The van der Waals surface area contributed by atoms with Crippen LogP contribution in [0.1, 0.15) is 28.7 Å². The highest BCUT2D eigenvalue weighted by atomic mass is 16.5. The molecule has 1 aromatic carbocycles. The second-order valence-electron chi connectivity index (χ2n) is 5.51. The Hall–Kier alpha value is -3.36. The van der Waals surface area contributed by atoms with Gasteiger partial charge in [0.15, 0.2) is 0 Å². The van der Waals surface area contributed by atoms with Crippen molar-refractivity contribution in [3.05, 3.63) is 47.3 Å². The molecular weight excluding hydrogens is 338 g/mol. The van der Waals surface area contributed by atoms with Crippen LogP contribution in [0.5, 0.6) is 0 Å². The Bertz CT molecular complexity index is 815. The number of hydrogen-bond donors (Lipinski definition) is 3. The van der Waals surface area contributed by atoms with Gasteiger partial charge in [0.1, 0.15) is 6.54 Å². The van der Waals surface area contributed by atoms with Gasteiger partial charge < -0.3 is 4.74 Å². The minimum absolute atomic E-state index is 0.00952. The van der Waals surface area contributed by atoms with Gasteiger partial charge in [-0.1, -0.05) is 6.07 Å². The van der Waals surface area contributed by atoms with Crippen molar-refractivity contribution in [2.75, 3.05) is 11.9 Å². The Morgan fingerprint density at radius 2 is 1.92 bits per heavy atom. The van der Waals surface area contributed by atoms with E-state index < -0.39 is 17.9 Å². The molecule has 0 aliphatic rings. The summed E-state index contributed by atoms with van der Waals surface area (Å²) in [7, 11) is 0. The third-order valence-electron chi connectivity index (χ3n) is 3.36. The van der Waals surface area contributed by atoms with Crippen molar-refractivity contribution < 1.29 is 19.1 Å². The van der Waals surface area contributed by atoms with Crippen LogP contribution in [0, 0.1) is 13.8 Å². The van der Waals surface area contributed by atoms with Crippen LogP contribution in [-0.4, -0.2) is 34.3 Å². The second-order valence-corrected chi connectivity index (χ2v) is 5.51. The fraction of sp³-hybridized carbons (Fsp3) is 0.294. The van der Waals surface area contributed by atoms with E-state index >= 15 is 0 Å². The van der Waals surface area contributed by atoms with Gasteiger partial charge in [0.2, 0.25) is 0 Å². The molecule has 0 spiro atoms. The third-order valence-corrected chi connectivity index (χ3v) is 3.36. The first-order valence-corrected chi connectivity index (χ1v) is 8.03. The van der Waals surface area contributed by atoms with Gasteiger partial charge in [0, 0.05) is 16.9 Å². The number of aryl methyl sites for hydroxylation is 2. The van der Waals surface area contributed by atoms with Crippen LogP contribution in [0.4, 0.5) is 10.5 Å². The summed E-state index contributed by atoms with van der Waals surface area (Å²) in [6.45, 7) is 5.60. The minimum atomic E-state index is -0.608. The number of benzene rings is 1. The van der Waals surface area contributed by atoms with E-state index in [1.807, 2.05) is 19.9 Å². The zero-order valence-corrected chi connectivity index (χ0v) is 14.8. The average Bonchev–Trinajstić information content (AvgIpc) is 2.90. The van der Waals surface area contributed by atoms with Crippen LogP contribution in [0.25, 0.3) is 0 Å². The summed E-state index contributed by atoms with van der Waals surface area (Å²) in [6.07, 6.45) is -0.608. The van der Waals surface area contributed by atoms with E-state index in [0.29, 0.717) is 5.69 Å². The van der Waals surface area contributed by atoms with E-state index in [4.69, 9.17) is 4.74 Å². The molecule has 0 atom stereocenters. The van der Waals surface area contributed by atoms with Crippen molar-refractivity contribution in [3.63, 3.8) is 0 Å². The van der Waals surface area contributed by atoms with Crippen molar-refractivity contribution in [1.29, 1.82) is 0 Å². The van der Waals surface area contributed by atoms with Crippen molar-refractivity contribution in [2.24, 2.45) is 0 Å². The molecule has 26 heavy (non-hydrogen) atoms. The standard InChI is InChI=1S/C17H21N5O4/c1-4-26-17(25)18-14-7-5-6-13(9-14)16(24)20-19-15(23)10-22-12(3)8-11(2)21-22/h5-9H,4,10H2,1-3H3,(H,18,25)(H,19,23)(H,20,24). The SMILES string of the molecule is CCOC(=O)Nc1cccc(C(=O)NNC(=O)Cn2nc(C)cc2C)c1. The molecule has 9 heteroatoms. The van der Waals surface area contributed by atoms with Crippen molar-refractivity contribution >= 4 is 23.6 Å². The van der Waals surface area contributed by atoms with E-state index in [1.54, 1.807) is 29.8 Å². The molecular formula is C17H21N5O4. The summed E-state index contributed by atoms with van der Waals surface area (Å²) in [6, 6.07) is 8.11. The number of hydrazine groups is 1. The van der Waals surface area contributed by atoms with E-state index in [-0.39, 0.29) is 18.7 Å². The Labute approximate surface area is 150 Å². The summed E-state index contributed by atoms with van der Waals surface area (Å²) in [4.78, 5) is 35.5. The summed E-state index contributed by atoms with van der Waals surface area (Å²) >= 11 is 0. The number of hydrogen-bond acceptors (Lipinski definition) is 5. The van der Waals surface area contributed by atoms with Gasteiger partial charge in [-0.2, -0.15) is 5.10 Å². The van der Waals surface area contributed by atoms with Crippen LogP contribution in [0.15, 0.2) is 30.3 Å². The highest BCUT2D eigenvalue weighted by molar-refractivity contribution is 5.97. The van der Waals surface area contributed by atoms with Gasteiger partial charge in [-0.05, 0) is 45.0 Å². The molecule has 0 saturated carbocycles. The van der Waals surface area contributed by atoms with Crippen LogP contribution in [0.3, 0.4) is 0 Å². The zero-order valence-electron chi connectivity index (χ0n) is 14.8. The number of anilines is 1. The van der Waals surface area contributed by atoms with E-state index in [1.165, 1.54) is 6.07 Å². The monoisotopic (exact) mass is 359 g/mol. The molecule has 0 aliphatic heterocycles.